The Balaban J connectivity index is 2.47. The number of nitrogens with zero attached hydrogens (tertiary/aromatic N) is 3. The molecule has 9 heteroatoms. The molecule has 124 valence electrons. The molecule has 2 N–H and O–H groups in total. The van der Waals surface area contributed by atoms with Crippen molar-refractivity contribution in [2.24, 2.45) is 5.92 Å². The van der Waals surface area contributed by atoms with Crippen molar-refractivity contribution >= 4 is 23.6 Å². The van der Waals surface area contributed by atoms with Gasteiger partial charge in [-0.05, 0) is 12.3 Å². The van der Waals surface area contributed by atoms with Gasteiger partial charge in [0.05, 0.1) is 5.75 Å². The van der Waals surface area contributed by atoms with Gasteiger partial charge in [0, 0.05) is 20.3 Å². The maximum absolute atomic E-state index is 11.9. The number of ether oxygens (including phenoxy) is 1. The Labute approximate surface area is 133 Å². The quantitative estimate of drug-likeness (QED) is 0.479. The number of aromatic nitrogens is 3. The first-order chi connectivity index (χ1) is 10.5. The predicted octanol–water partition coefficient (Wildman–Crippen LogP) is 0.632. The second-order valence-corrected chi connectivity index (χ2v) is 6.01. The molecule has 1 aromatic heterocycles. The third-order valence-corrected chi connectivity index (χ3v) is 3.89. The van der Waals surface area contributed by atoms with E-state index in [2.05, 4.69) is 15.5 Å². The summed E-state index contributed by atoms with van der Waals surface area (Å²) in [5, 5.41) is 20.0. The van der Waals surface area contributed by atoms with Gasteiger partial charge in [0.2, 0.25) is 5.91 Å². The molecule has 22 heavy (non-hydrogen) atoms. The van der Waals surface area contributed by atoms with E-state index in [9.17, 15) is 9.59 Å². The Hall–Kier alpha value is -1.61. The fraction of sp³-hybridized carbons (Fsp3) is 0.692. The molecular weight excluding hydrogens is 308 g/mol. The molecule has 0 spiro atoms. The number of carboxylic acid groups (broad SMARTS) is 1. The molecule has 0 radical (unpaired) electrons. The van der Waals surface area contributed by atoms with Gasteiger partial charge in [-0.3, -0.25) is 4.79 Å². The van der Waals surface area contributed by atoms with E-state index in [1.165, 1.54) is 11.8 Å². The van der Waals surface area contributed by atoms with Crippen molar-refractivity contribution in [3.63, 3.8) is 0 Å². The van der Waals surface area contributed by atoms with Gasteiger partial charge in [-0.2, -0.15) is 0 Å². The molecule has 0 fully saturated rings. The third-order valence-electron chi connectivity index (χ3n) is 2.91. The van der Waals surface area contributed by atoms with Gasteiger partial charge in [-0.1, -0.05) is 25.6 Å². The minimum Gasteiger partial charge on any atom is -0.480 e. The summed E-state index contributed by atoms with van der Waals surface area (Å²) in [5.74, 6) is -1.45. The highest BCUT2D eigenvalue weighted by Gasteiger charge is 2.23. The Morgan fingerprint density at radius 2 is 2.23 bits per heavy atom. The van der Waals surface area contributed by atoms with Crippen molar-refractivity contribution < 1.29 is 19.4 Å². The molecule has 0 saturated heterocycles. The number of rotatable bonds is 10. The largest absolute Gasteiger partial charge is 0.480 e. The molecule has 1 heterocycles. The number of hydrogen-bond acceptors (Lipinski definition) is 6. The van der Waals surface area contributed by atoms with E-state index < -0.39 is 12.0 Å². The SMILES string of the molecule is COCCCn1cnnc1SCC(=O)N[C@H](C(=O)O)C(C)C. The molecule has 0 aliphatic rings. The molecule has 1 atom stereocenters. The van der Waals surface area contributed by atoms with E-state index in [1.54, 1.807) is 27.3 Å². The number of amides is 1. The fourth-order valence-corrected chi connectivity index (χ4v) is 2.50. The van der Waals surface area contributed by atoms with E-state index in [4.69, 9.17) is 9.84 Å². The van der Waals surface area contributed by atoms with E-state index >= 15 is 0 Å². The number of aryl methyl sites for hydroxylation is 1. The molecule has 0 aliphatic carbocycles. The fourth-order valence-electron chi connectivity index (χ4n) is 1.75. The minimum absolute atomic E-state index is 0.0967. The molecule has 0 aliphatic heterocycles. The maximum atomic E-state index is 11.9. The standard InChI is InChI=1S/C13H22N4O4S/c1-9(2)11(12(19)20)15-10(18)7-22-13-16-14-8-17(13)5-4-6-21-3/h8-9,11H,4-7H2,1-3H3,(H,15,18)(H,19,20)/t11-/m0/s1. The summed E-state index contributed by atoms with van der Waals surface area (Å²) >= 11 is 1.23. The highest BCUT2D eigenvalue weighted by atomic mass is 32.2. The van der Waals surface area contributed by atoms with Crippen LogP contribution in [0.1, 0.15) is 20.3 Å². The summed E-state index contributed by atoms with van der Waals surface area (Å²) < 4.78 is 6.83. The van der Waals surface area contributed by atoms with Crippen molar-refractivity contribution in [3.05, 3.63) is 6.33 Å². The number of carbonyl (C=O) groups is 2. The number of carbonyl (C=O) groups excluding carboxylic acids is 1. The Morgan fingerprint density at radius 1 is 1.50 bits per heavy atom. The third kappa shape index (κ3) is 6.02. The summed E-state index contributed by atoms with van der Waals surface area (Å²) in [6.07, 6.45) is 2.42. The van der Waals surface area contributed by atoms with Gasteiger partial charge in [-0.15, -0.1) is 10.2 Å². The zero-order chi connectivity index (χ0) is 16.5. The van der Waals surface area contributed by atoms with Crippen LogP contribution < -0.4 is 5.32 Å². The van der Waals surface area contributed by atoms with E-state index in [0.717, 1.165) is 6.42 Å². The molecule has 0 bridgehead atoms. The monoisotopic (exact) mass is 330 g/mol. The van der Waals surface area contributed by atoms with Crippen LogP contribution in [-0.2, 0) is 20.9 Å². The summed E-state index contributed by atoms with van der Waals surface area (Å²) in [7, 11) is 1.64. The van der Waals surface area contributed by atoms with Crippen LogP contribution in [0.4, 0.5) is 0 Å². The topological polar surface area (TPSA) is 106 Å². The molecular formula is C13H22N4O4S. The van der Waals surface area contributed by atoms with Crippen molar-refractivity contribution in [3.8, 4) is 0 Å². The smallest absolute Gasteiger partial charge is 0.326 e. The number of aliphatic carboxylic acids is 1. The van der Waals surface area contributed by atoms with Crippen LogP contribution in [0, 0.1) is 5.92 Å². The molecule has 0 unspecified atom stereocenters. The molecule has 0 saturated carbocycles. The molecule has 0 aromatic carbocycles. The zero-order valence-electron chi connectivity index (χ0n) is 13.0. The lowest BCUT2D eigenvalue weighted by Crippen LogP contribution is -2.45. The van der Waals surface area contributed by atoms with Crippen molar-refractivity contribution in [1.82, 2.24) is 20.1 Å². The molecule has 1 amide bonds. The first kappa shape index (κ1) is 18.4. The second-order valence-electron chi connectivity index (χ2n) is 5.07. The Bertz CT molecular complexity index is 492. The van der Waals surface area contributed by atoms with Crippen molar-refractivity contribution in [1.29, 1.82) is 0 Å². The van der Waals surface area contributed by atoms with Gasteiger partial charge < -0.3 is 19.7 Å². The van der Waals surface area contributed by atoms with Crippen molar-refractivity contribution in [2.45, 2.75) is 38.0 Å². The van der Waals surface area contributed by atoms with Crippen LogP contribution in [-0.4, -0.2) is 57.3 Å². The maximum Gasteiger partial charge on any atom is 0.326 e. The molecule has 1 aromatic rings. The predicted molar refractivity (Wildman–Crippen MR) is 81.6 cm³/mol. The Morgan fingerprint density at radius 3 is 2.82 bits per heavy atom. The van der Waals surface area contributed by atoms with Crippen LogP contribution >= 0.6 is 11.8 Å². The lowest BCUT2D eigenvalue weighted by Gasteiger charge is -2.17. The van der Waals surface area contributed by atoms with Crippen molar-refractivity contribution in [2.75, 3.05) is 19.5 Å². The lowest BCUT2D eigenvalue weighted by atomic mass is 10.1. The van der Waals surface area contributed by atoms with E-state index in [1.807, 2.05) is 4.57 Å². The minimum atomic E-state index is -1.03. The first-order valence-corrected chi connectivity index (χ1v) is 7.96. The van der Waals surface area contributed by atoms with E-state index in [0.29, 0.717) is 18.3 Å². The summed E-state index contributed by atoms with van der Waals surface area (Å²) in [5.41, 5.74) is 0. The highest BCUT2D eigenvalue weighted by molar-refractivity contribution is 7.99. The van der Waals surface area contributed by atoms with E-state index in [-0.39, 0.29) is 17.6 Å². The van der Waals surface area contributed by atoms with Crippen LogP contribution in [0.15, 0.2) is 11.5 Å². The summed E-state index contributed by atoms with van der Waals surface area (Å²) in [4.78, 5) is 22.9. The van der Waals surface area contributed by atoms with Crippen LogP contribution in [0.2, 0.25) is 0 Å². The van der Waals surface area contributed by atoms with Gasteiger partial charge in [0.25, 0.3) is 0 Å². The van der Waals surface area contributed by atoms with Gasteiger partial charge in [-0.25, -0.2) is 4.79 Å². The molecule has 1 rings (SSSR count). The van der Waals surface area contributed by atoms with Crippen LogP contribution in [0.5, 0.6) is 0 Å². The second kappa shape index (κ2) is 9.42. The normalized spacial score (nSPS) is 12.4. The van der Waals surface area contributed by atoms with Gasteiger partial charge >= 0.3 is 5.97 Å². The molecule has 8 nitrogen and oxygen atoms in total. The zero-order valence-corrected chi connectivity index (χ0v) is 13.8. The lowest BCUT2D eigenvalue weighted by molar-refractivity contribution is -0.142. The summed E-state index contributed by atoms with van der Waals surface area (Å²) in [6.45, 7) is 4.84. The summed E-state index contributed by atoms with van der Waals surface area (Å²) in [6, 6.07) is -0.882. The van der Waals surface area contributed by atoms with Crippen LogP contribution in [0.3, 0.4) is 0 Å². The van der Waals surface area contributed by atoms with Gasteiger partial charge in [0.1, 0.15) is 12.4 Å². The number of hydrogen-bond donors (Lipinski definition) is 2. The number of methoxy groups -OCH3 is 1. The Kier molecular flexibility index (Phi) is 7.89. The average molecular weight is 330 g/mol. The van der Waals surface area contributed by atoms with Crippen LogP contribution in [0.25, 0.3) is 0 Å². The number of nitrogens with one attached hydrogen (secondary N) is 1. The van der Waals surface area contributed by atoms with Gasteiger partial charge in [0.15, 0.2) is 5.16 Å². The first-order valence-electron chi connectivity index (χ1n) is 6.97. The number of thioether (sulfide) groups is 1. The number of carboxylic acids is 1. The average Bonchev–Trinajstić information content (AvgIpc) is 2.89. The highest BCUT2D eigenvalue weighted by Crippen LogP contribution is 2.15.